The largest absolute Gasteiger partial charge is 0.495 e. The van der Waals surface area contributed by atoms with Crippen LogP contribution in [-0.2, 0) is 6.54 Å². The van der Waals surface area contributed by atoms with Crippen LogP contribution in [0.4, 0.5) is 0 Å². The molecular formula is C15H20N2O. The average molecular weight is 244 g/mol. The highest BCUT2D eigenvalue weighted by molar-refractivity contribution is 5.45. The minimum absolute atomic E-state index is 0.421. The van der Waals surface area contributed by atoms with E-state index in [-0.39, 0.29) is 0 Å². The van der Waals surface area contributed by atoms with Gasteiger partial charge in [0.05, 0.1) is 12.7 Å². The van der Waals surface area contributed by atoms with E-state index >= 15 is 0 Å². The molecule has 1 saturated heterocycles. The Morgan fingerprint density at radius 2 is 2.22 bits per heavy atom. The van der Waals surface area contributed by atoms with Gasteiger partial charge in [0.15, 0.2) is 0 Å². The molecule has 0 N–H and O–H groups in total. The standard InChI is InChI=1S/C15H20N2O/c1-15(2)6-7-17(11-15)10-12-4-5-14(18-3)13(8-12)9-16/h4-5,8H,6-7,10-11H2,1-3H3. The number of nitrogens with zero attached hydrogens (tertiary/aromatic N) is 2. The molecule has 1 heterocycles. The first-order valence-electron chi connectivity index (χ1n) is 6.33. The van der Waals surface area contributed by atoms with Gasteiger partial charge in [0.1, 0.15) is 11.8 Å². The second-order valence-corrected chi connectivity index (χ2v) is 5.77. The molecule has 96 valence electrons. The molecule has 1 aromatic rings. The van der Waals surface area contributed by atoms with Crippen molar-refractivity contribution in [3.8, 4) is 11.8 Å². The first-order chi connectivity index (χ1) is 8.54. The van der Waals surface area contributed by atoms with Gasteiger partial charge in [0.2, 0.25) is 0 Å². The van der Waals surface area contributed by atoms with Gasteiger partial charge in [0, 0.05) is 13.1 Å². The normalized spacial score (nSPS) is 18.6. The molecular weight excluding hydrogens is 224 g/mol. The molecule has 1 aromatic carbocycles. The minimum Gasteiger partial charge on any atom is -0.495 e. The van der Waals surface area contributed by atoms with Crippen molar-refractivity contribution in [2.45, 2.75) is 26.8 Å². The lowest BCUT2D eigenvalue weighted by Crippen LogP contribution is -2.22. The number of likely N-dealkylation sites (tertiary alicyclic amines) is 1. The van der Waals surface area contributed by atoms with Gasteiger partial charge in [-0.1, -0.05) is 19.9 Å². The van der Waals surface area contributed by atoms with Crippen LogP contribution in [0, 0.1) is 16.7 Å². The molecule has 18 heavy (non-hydrogen) atoms. The van der Waals surface area contributed by atoms with Crippen molar-refractivity contribution in [3.63, 3.8) is 0 Å². The molecule has 1 fully saturated rings. The quantitative estimate of drug-likeness (QED) is 0.820. The first-order valence-corrected chi connectivity index (χ1v) is 6.33. The number of rotatable bonds is 3. The maximum absolute atomic E-state index is 9.07. The number of nitriles is 1. The van der Waals surface area contributed by atoms with Crippen LogP contribution in [0.15, 0.2) is 18.2 Å². The van der Waals surface area contributed by atoms with Crippen molar-refractivity contribution < 1.29 is 4.74 Å². The molecule has 1 aliphatic rings. The smallest absolute Gasteiger partial charge is 0.136 e. The summed E-state index contributed by atoms with van der Waals surface area (Å²) >= 11 is 0. The van der Waals surface area contributed by atoms with Gasteiger partial charge in [-0.15, -0.1) is 0 Å². The predicted molar refractivity (Wildman–Crippen MR) is 71.4 cm³/mol. The molecule has 0 radical (unpaired) electrons. The highest BCUT2D eigenvalue weighted by atomic mass is 16.5. The first kappa shape index (κ1) is 12.9. The van der Waals surface area contributed by atoms with Crippen LogP contribution in [0.3, 0.4) is 0 Å². The third-order valence-electron chi connectivity index (χ3n) is 3.55. The lowest BCUT2D eigenvalue weighted by Gasteiger charge is -2.19. The topological polar surface area (TPSA) is 36.3 Å². The molecule has 0 atom stereocenters. The van der Waals surface area contributed by atoms with Crippen LogP contribution in [0.2, 0.25) is 0 Å². The summed E-state index contributed by atoms with van der Waals surface area (Å²) in [5.74, 6) is 0.656. The second-order valence-electron chi connectivity index (χ2n) is 5.77. The third kappa shape index (κ3) is 2.83. The molecule has 2 rings (SSSR count). The summed E-state index contributed by atoms with van der Waals surface area (Å²) < 4.78 is 5.16. The molecule has 0 unspecified atom stereocenters. The summed E-state index contributed by atoms with van der Waals surface area (Å²) in [4.78, 5) is 2.45. The molecule has 3 nitrogen and oxygen atoms in total. The van der Waals surface area contributed by atoms with E-state index in [4.69, 9.17) is 10.00 Å². The van der Waals surface area contributed by atoms with Gasteiger partial charge in [0.25, 0.3) is 0 Å². The number of benzene rings is 1. The Bertz CT molecular complexity index is 474. The highest BCUT2D eigenvalue weighted by Gasteiger charge is 2.28. The van der Waals surface area contributed by atoms with Gasteiger partial charge >= 0.3 is 0 Å². The lowest BCUT2D eigenvalue weighted by atomic mass is 9.93. The summed E-state index contributed by atoms with van der Waals surface area (Å²) in [6.07, 6.45) is 1.24. The van der Waals surface area contributed by atoms with E-state index in [2.05, 4.69) is 24.8 Å². The molecule has 1 aliphatic heterocycles. The van der Waals surface area contributed by atoms with Crippen molar-refractivity contribution in [2.24, 2.45) is 5.41 Å². The van der Waals surface area contributed by atoms with Gasteiger partial charge in [-0.2, -0.15) is 5.26 Å². The lowest BCUT2D eigenvalue weighted by molar-refractivity contribution is 0.284. The summed E-state index contributed by atoms with van der Waals surface area (Å²) in [6.45, 7) is 7.80. The number of hydrogen-bond donors (Lipinski definition) is 0. The van der Waals surface area contributed by atoms with Crippen LogP contribution in [-0.4, -0.2) is 25.1 Å². The van der Waals surface area contributed by atoms with Crippen LogP contribution in [0.5, 0.6) is 5.75 Å². The minimum atomic E-state index is 0.421. The van der Waals surface area contributed by atoms with Crippen LogP contribution in [0.1, 0.15) is 31.4 Å². The monoisotopic (exact) mass is 244 g/mol. The fraction of sp³-hybridized carbons (Fsp3) is 0.533. The second kappa shape index (κ2) is 4.99. The fourth-order valence-electron chi connectivity index (χ4n) is 2.56. The van der Waals surface area contributed by atoms with Crippen LogP contribution >= 0.6 is 0 Å². The fourth-order valence-corrected chi connectivity index (χ4v) is 2.56. The van der Waals surface area contributed by atoms with E-state index in [0.29, 0.717) is 16.7 Å². The zero-order chi connectivity index (χ0) is 13.2. The average Bonchev–Trinajstić information content (AvgIpc) is 2.68. The SMILES string of the molecule is COc1ccc(CN2CCC(C)(C)C2)cc1C#N. The molecule has 3 heteroatoms. The Morgan fingerprint density at radius 3 is 2.78 bits per heavy atom. The van der Waals surface area contributed by atoms with Crippen molar-refractivity contribution in [1.29, 1.82) is 5.26 Å². The summed E-state index contributed by atoms with van der Waals surface area (Å²) in [5.41, 5.74) is 2.23. The van der Waals surface area contributed by atoms with E-state index in [1.807, 2.05) is 18.2 Å². The van der Waals surface area contributed by atoms with Crippen molar-refractivity contribution >= 4 is 0 Å². The Labute approximate surface area is 109 Å². The Morgan fingerprint density at radius 1 is 1.44 bits per heavy atom. The van der Waals surface area contributed by atoms with Crippen molar-refractivity contribution in [1.82, 2.24) is 4.90 Å². The van der Waals surface area contributed by atoms with E-state index in [9.17, 15) is 0 Å². The van der Waals surface area contributed by atoms with Crippen molar-refractivity contribution in [2.75, 3.05) is 20.2 Å². The Hall–Kier alpha value is -1.53. The Kier molecular flexibility index (Phi) is 3.58. The predicted octanol–water partition coefficient (Wildman–Crippen LogP) is 2.80. The van der Waals surface area contributed by atoms with E-state index < -0.39 is 0 Å². The van der Waals surface area contributed by atoms with Gasteiger partial charge in [-0.05, 0) is 36.1 Å². The zero-order valence-electron chi connectivity index (χ0n) is 11.4. The van der Waals surface area contributed by atoms with E-state index in [0.717, 1.165) is 19.6 Å². The third-order valence-corrected chi connectivity index (χ3v) is 3.55. The summed E-state index contributed by atoms with van der Waals surface area (Å²) in [6, 6.07) is 8.05. The van der Waals surface area contributed by atoms with Gasteiger partial charge in [-0.25, -0.2) is 0 Å². The molecule has 0 aromatic heterocycles. The van der Waals surface area contributed by atoms with E-state index in [1.165, 1.54) is 12.0 Å². The molecule has 0 amide bonds. The van der Waals surface area contributed by atoms with Gasteiger partial charge < -0.3 is 4.74 Å². The zero-order valence-corrected chi connectivity index (χ0v) is 11.4. The number of methoxy groups -OCH3 is 1. The van der Waals surface area contributed by atoms with E-state index in [1.54, 1.807) is 7.11 Å². The van der Waals surface area contributed by atoms with Crippen molar-refractivity contribution in [3.05, 3.63) is 29.3 Å². The molecule has 0 spiro atoms. The number of ether oxygens (including phenoxy) is 1. The number of hydrogen-bond acceptors (Lipinski definition) is 3. The summed E-state index contributed by atoms with van der Waals surface area (Å²) in [7, 11) is 1.60. The van der Waals surface area contributed by atoms with Gasteiger partial charge in [-0.3, -0.25) is 4.90 Å². The maximum Gasteiger partial charge on any atom is 0.136 e. The molecule has 0 bridgehead atoms. The molecule has 0 saturated carbocycles. The maximum atomic E-state index is 9.07. The Balaban J connectivity index is 2.09. The molecule has 0 aliphatic carbocycles. The van der Waals surface area contributed by atoms with Crippen LogP contribution < -0.4 is 4.74 Å². The van der Waals surface area contributed by atoms with Crippen LogP contribution in [0.25, 0.3) is 0 Å². The summed E-state index contributed by atoms with van der Waals surface area (Å²) in [5, 5.41) is 9.07. The highest BCUT2D eigenvalue weighted by Crippen LogP contribution is 2.30.